The van der Waals surface area contributed by atoms with Crippen LogP contribution in [0.4, 0.5) is 4.39 Å². The Kier molecular flexibility index (Phi) is 5.00. The zero-order valence-electron chi connectivity index (χ0n) is 15.7. The lowest BCUT2D eigenvalue weighted by Gasteiger charge is -2.27. The summed E-state index contributed by atoms with van der Waals surface area (Å²) >= 11 is 0. The van der Waals surface area contributed by atoms with Gasteiger partial charge >= 0.3 is 0 Å². The van der Waals surface area contributed by atoms with Gasteiger partial charge in [-0.2, -0.15) is 0 Å². The van der Waals surface area contributed by atoms with E-state index in [1.165, 1.54) is 12.5 Å². The SMILES string of the molecule is Cc1cc(C(NC(=O)c2cc(CO)cc(C3CCC3)c2)C2CC2)ccc1F. The summed E-state index contributed by atoms with van der Waals surface area (Å²) in [6, 6.07) is 10.8. The number of aliphatic hydroxyl groups is 1. The molecule has 0 heterocycles. The van der Waals surface area contributed by atoms with E-state index in [-0.39, 0.29) is 24.4 Å². The molecule has 2 N–H and O–H groups in total. The molecule has 1 amide bonds. The van der Waals surface area contributed by atoms with Crippen LogP contribution in [0.5, 0.6) is 0 Å². The average Bonchev–Trinajstić information content (AvgIpc) is 3.45. The van der Waals surface area contributed by atoms with Crippen molar-refractivity contribution in [2.45, 2.75) is 57.6 Å². The van der Waals surface area contributed by atoms with Crippen LogP contribution >= 0.6 is 0 Å². The highest BCUT2D eigenvalue weighted by Gasteiger charge is 2.34. The zero-order chi connectivity index (χ0) is 19.0. The standard InChI is InChI=1S/C23H26FNO2/c1-14-9-18(7-8-21(14)24)22(17-5-6-17)25-23(27)20-11-15(13-26)10-19(12-20)16-3-2-4-16/h7-12,16-17,22,26H,2-6,13H2,1H3,(H,25,27). The van der Waals surface area contributed by atoms with E-state index in [2.05, 4.69) is 5.32 Å². The molecular weight excluding hydrogens is 341 g/mol. The van der Waals surface area contributed by atoms with Gasteiger partial charge in [0.25, 0.3) is 5.91 Å². The van der Waals surface area contributed by atoms with Crippen molar-refractivity contribution in [3.05, 3.63) is 70.0 Å². The molecule has 0 bridgehead atoms. The smallest absolute Gasteiger partial charge is 0.251 e. The number of amides is 1. The van der Waals surface area contributed by atoms with E-state index in [0.29, 0.717) is 23.0 Å². The van der Waals surface area contributed by atoms with Crippen LogP contribution in [0.1, 0.15) is 76.7 Å². The van der Waals surface area contributed by atoms with Gasteiger partial charge in [0.05, 0.1) is 12.6 Å². The summed E-state index contributed by atoms with van der Waals surface area (Å²) in [5.74, 6) is 0.568. The van der Waals surface area contributed by atoms with Crippen molar-refractivity contribution in [2.75, 3.05) is 0 Å². The number of hydrogen-bond acceptors (Lipinski definition) is 2. The van der Waals surface area contributed by atoms with Crippen molar-refractivity contribution in [1.29, 1.82) is 0 Å². The van der Waals surface area contributed by atoms with Gasteiger partial charge in [-0.15, -0.1) is 0 Å². The van der Waals surface area contributed by atoms with Crippen LogP contribution in [0.25, 0.3) is 0 Å². The van der Waals surface area contributed by atoms with Gasteiger partial charge < -0.3 is 10.4 Å². The van der Waals surface area contributed by atoms with E-state index in [1.807, 2.05) is 18.2 Å². The van der Waals surface area contributed by atoms with Crippen molar-refractivity contribution < 1.29 is 14.3 Å². The summed E-state index contributed by atoms with van der Waals surface area (Å²) in [6.45, 7) is 1.68. The second-order valence-corrected chi connectivity index (χ2v) is 8.05. The number of aliphatic hydroxyl groups excluding tert-OH is 1. The Balaban J connectivity index is 1.58. The molecule has 0 spiro atoms. The summed E-state index contributed by atoms with van der Waals surface area (Å²) in [4.78, 5) is 13.0. The summed E-state index contributed by atoms with van der Waals surface area (Å²) in [5, 5.41) is 12.8. The second kappa shape index (κ2) is 7.43. The molecule has 27 heavy (non-hydrogen) atoms. The Labute approximate surface area is 159 Å². The maximum Gasteiger partial charge on any atom is 0.251 e. The van der Waals surface area contributed by atoms with Gasteiger partial charge in [-0.3, -0.25) is 4.79 Å². The molecule has 0 aliphatic heterocycles. The molecule has 2 saturated carbocycles. The van der Waals surface area contributed by atoms with Crippen molar-refractivity contribution in [1.82, 2.24) is 5.32 Å². The molecule has 0 radical (unpaired) electrons. The van der Waals surface area contributed by atoms with E-state index in [0.717, 1.165) is 42.4 Å². The Hall–Kier alpha value is -2.20. The largest absolute Gasteiger partial charge is 0.392 e. The summed E-state index contributed by atoms with van der Waals surface area (Å²) in [7, 11) is 0. The Morgan fingerprint density at radius 3 is 2.56 bits per heavy atom. The summed E-state index contributed by atoms with van der Waals surface area (Å²) in [6.07, 6.45) is 5.67. The van der Waals surface area contributed by atoms with Gasteiger partial charge in [0, 0.05) is 5.56 Å². The maximum atomic E-state index is 13.6. The monoisotopic (exact) mass is 367 g/mol. The van der Waals surface area contributed by atoms with E-state index in [9.17, 15) is 14.3 Å². The number of rotatable bonds is 6. The molecule has 2 aromatic rings. The maximum absolute atomic E-state index is 13.6. The number of benzene rings is 2. The van der Waals surface area contributed by atoms with Gasteiger partial charge in [-0.1, -0.05) is 24.6 Å². The van der Waals surface area contributed by atoms with Crippen LogP contribution in [0, 0.1) is 18.7 Å². The van der Waals surface area contributed by atoms with Crippen LogP contribution in [-0.2, 0) is 6.61 Å². The number of hydrogen-bond donors (Lipinski definition) is 2. The van der Waals surface area contributed by atoms with Crippen LogP contribution < -0.4 is 5.32 Å². The van der Waals surface area contributed by atoms with Gasteiger partial charge in [-0.25, -0.2) is 4.39 Å². The number of carbonyl (C=O) groups excluding carboxylic acids is 1. The third-order valence-corrected chi connectivity index (χ3v) is 5.96. The third-order valence-electron chi connectivity index (χ3n) is 5.96. The minimum Gasteiger partial charge on any atom is -0.392 e. The fraction of sp³-hybridized carbons (Fsp3) is 0.435. The Morgan fingerprint density at radius 2 is 1.96 bits per heavy atom. The fourth-order valence-electron chi connectivity index (χ4n) is 3.91. The van der Waals surface area contributed by atoms with Crippen LogP contribution in [0.2, 0.25) is 0 Å². The highest BCUT2D eigenvalue weighted by Crippen LogP contribution is 2.42. The molecule has 1 unspecified atom stereocenters. The van der Waals surface area contributed by atoms with Crippen LogP contribution in [0.15, 0.2) is 36.4 Å². The average molecular weight is 367 g/mol. The first-order valence-electron chi connectivity index (χ1n) is 9.87. The lowest BCUT2D eigenvalue weighted by atomic mass is 9.79. The van der Waals surface area contributed by atoms with Gasteiger partial charge in [0.1, 0.15) is 5.82 Å². The zero-order valence-corrected chi connectivity index (χ0v) is 15.7. The normalized spacial score (nSPS) is 18.0. The van der Waals surface area contributed by atoms with Crippen LogP contribution in [-0.4, -0.2) is 11.0 Å². The quantitative estimate of drug-likeness (QED) is 0.772. The topological polar surface area (TPSA) is 49.3 Å². The molecule has 2 aliphatic rings. The van der Waals surface area contributed by atoms with E-state index >= 15 is 0 Å². The molecule has 4 rings (SSSR count). The van der Waals surface area contributed by atoms with E-state index in [4.69, 9.17) is 0 Å². The van der Waals surface area contributed by atoms with Crippen molar-refractivity contribution in [3.63, 3.8) is 0 Å². The molecule has 142 valence electrons. The lowest BCUT2D eigenvalue weighted by Crippen LogP contribution is -2.30. The lowest BCUT2D eigenvalue weighted by molar-refractivity contribution is 0.0931. The molecular formula is C23H26FNO2. The molecule has 2 aromatic carbocycles. The number of nitrogens with one attached hydrogen (secondary N) is 1. The van der Waals surface area contributed by atoms with E-state index in [1.54, 1.807) is 19.1 Å². The molecule has 1 atom stereocenters. The summed E-state index contributed by atoms with van der Waals surface area (Å²) < 4.78 is 13.6. The molecule has 0 saturated heterocycles. The number of halogens is 1. The van der Waals surface area contributed by atoms with E-state index < -0.39 is 0 Å². The van der Waals surface area contributed by atoms with Gasteiger partial charge in [0.2, 0.25) is 0 Å². The van der Waals surface area contributed by atoms with Gasteiger partial charge in [-0.05, 0) is 84.9 Å². The molecule has 4 heteroatoms. The highest BCUT2D eigenvalue weighted by molar-refractivity contribution is 5.95. The first-order valence-corrected chi connectivity index (χ1v) is 9.87. The fourth-order valence-corrected chi connectivity index (χ4v) is 3.91. The predicted molar refractivity (Wildman–Crippen MR) is 103 cm³/mol. The molecule has 0 aromatic heterocycles. The minimum atomic E-state index is -0.222. The minimum absolute atomic E-state index is 0.0654. The van der Waals surface area contributed by atoms with Crippen molar-refractivity contribution in [3.8, 4) is 0 Å². The Morgan fingerprint density at radius 1 is 1.19 bits per heavy atom. The van der Waals surface area contributed by atoms with Gasteiger partial charge in [0.15, 0.2) is 0 Å². The highest BCUT2D eigenvalue weighted by atomic mass is 19.1. The Bertz CT molecular complexity index is 855. The van der Waals surface area contributed by atoms with Crippen LogP contribution in [0.3, 0.4) is 0 Å². The molecule has 3 nitrogen and oxygen atoms in total. The summed E-state index contributed by atoms with van der Waals surface area (Å²) in [5.41, 5.74) is 4.10. The second-order valence-electron chi connectivity index (χ2n) is 8.05. The van der Waals surface area contributed by atoms with Crippen molar-refractivity contribution >= 4 is 5.91 Å². The first-order chi connectivity index (χ1) is 13.0. The van der Waals surface area contributed by atoms with Crippen molar-refractivity contribution in [2.24, 2.45) is 5.92 Å². The molecule has 2 fully saturated rings. The predicted octanol–water partition coefficient (Wildman–Crippen LogP) is 4.78. The number of aryl methyl sites for hydroxylation is 1. The molecule has 2 aliphatic carbocycles. The third kappa shape index (κ3) is 3.91. The first kappa shape index (κ1) is 18.2. The number of carbonyl (C=O) groups is 1.